The van der Waals surface area contributed by atoms with Crippen LogP contribution in [0.1, 0.15) is 28.4 Å². The molecule has 134 valence electrons. The molecule has 0 saturated heterocycles. The third kappa shape index (κ3) is 3.82. The Morgan fingerprint density at radius 2 is 2.04 bits per heavy atom. The van der Waals surface area contributed by atoms with E-state index in [0.29, 0.717) is 12.2 Å². The van der Waals surface area contributed by atoms with Crippen LogP contribution in [0.4, 0.5) is 11.4 Å². The summed E-state index contributed by atoms with van der Waals surface area (Å²) in [6, 6.07) is 4.18. The molecule has 0 saturated carbocycles. The second-order valence-corrected chi connectivity index (χ2v) is 9.37. The standard InChI is InChI=1S/C16H19N3O4S2/c1-18(10-16-17-12-5-3-4-6-14(12)24-16)11-7-8-13(19(20)21)15(9-11)25(2,22)23/h7-9H,3-6,10H2,1-2H3. The molecule has 0 fully saturated rings. The summed E-state index contributed by atoms with van der Waals surface area (Å²) in [6.07, 6.45) is 5.45. The van der Waals surface area contributed by atoms with E-state index < -0.39 is 20.4 Å². The Balaban J connectivity index is 1.88. The molecule has 1 heterocycles. The third-order valence-corrected chi connectivity index (χ3v) is 6.51. The summed E-state index contributed by atoms with van der Waals surface area (Å²) >= 11 is 1.70. The summed E-state index contributed by atoms with van der Waals surface area (Å²) < 4.78 is 23.8. The third-order valence-electron chi connectivity index (χ3n) is 4.24. The topological polar surface area (TPSA) is 93.4 Å². The Bertz CT molecular complexity index is 898. The molecule has 0 aliphatic heterocycles. The Morgan fingerprint density at radius 3 is 2.68 bits per heavy atom. The number of nitro benzene ring substituents is 1. The summed E-state index contributed by atoms with van der Waals surface area (Å²) in [5.74, 6) is 0. The fraction of sp³-hybridized carbons (Fsp3) is 0.438. The van der Waals surface area contributed by atoms with Gasteiger partial charge in [-0.1, -0.05) is 0 Å². The largest absolute Gasteiger partial charge is 0.368 e. The number of anilines is 1. The average molecular weight is 381 g/mol. The van der Waals surface area contributed by atoms with Gasteiger partial charge in [0.15, 0.2) is 9.84 Å². The highest BCUT2D eigenvalue weighted by atomic mass is 32.2. The molecule has 0 radical (unpaired) electrons. The minimum Gasteiger partial charge on any atom is -0.368 e. The Labute approximate surface area is 150 Å². The molecule has 1 aliphatic rings. The lowest BCUT2D eigenvalue weighted by atomic mass is 10.0. The number of hydrogen-bond acceptors (Lipinski definition) is 7. The van der Waals surface area contributed by atoms with Gasteiger partial charge in [-0.05, 0) is 37.8 Å². The zero-order valence-electron chi connectivity index (χ0n) is 14.1. The molecule has 7 nitrogen and oxygen atoms in total. The SMILES string of the molecule is CN(Cc1nc2c(s1)CCCC2)c1ccc([N+](=O)[O-])c(S(C)(=O)=O)c1. The summed E-state index contributed by atoms with van der Waals surface area (Å²) in [5.41, 5.74) is 1.39. The molecule has 1 aliphatic carbocycles. The first-order valence-electron chi connectivity index (χ1n) is 7.93. The maximum absolute atomic E-state index is 11.9. The van der Waals surface area contributed by atoms with E-state index in [1.807, 2.05) is 11.9 Å². The Kier molecular flexibility index (Phi) is 4.79. The van der Waals surface area contributed by atoms with E-state index in [1.165, 1.54) is 35.5 Å². The average Bonchev–Trinajstić information content (AvgIpc) is 2.95. The predicted octanol–water partition coefficient (Wildman–Crippen LogP) is 2.97. The molecule has 0 amide bonds. The second kappa shape index (κ2) is 6.72. The van der Waals surface area contributed by atoms with Crippen molar-refractivity contribution in [2.75, 3.05) is 18.2 Å². The predicted molar refractivity (Wildman–Crippen MR) is 97.1 cm³/mol. The molecular weight excluding hydrogens is 362 g/mol. The number of hydrogen-bond donors (Lipinski definition) is 0. The molecule has 0 bridgehead atoms. The van der Waals surface area contributed by atoms with Gasteiger partial charge in [0.1, 0.15) is 9.90 Å². The lowest BCUT2D eigenvalue weighted by molar-refractivity contribution is -0.387. The van der Waals surface area contributed by atoms with Crippen LogP contribution in [0.5, 0.6) is 0 Å². The van der Waals surface area contributed by atoms with E-state index in [0.717, 1.165) is 24.1 Å². The highest BCUT2D eigenvalue weighted by Crippen LogP contribution is 2.31. The van der Waals surface area contributed by atoms with Crippen LogP contribution in [0.2, 0.25) is 0 Å². The summed E-state index contributed by atoms with van der Waals surface area (Å²) in [5, 5.41) is 12.1. The molecule has 0 unspecified atom stereocenters. The number of rotatable bonds is 5. The number of nitro groups is 1. The van der Waals surface area contributed by atoms with Gasteiger partial charge in [0.2, 0.25) is 0 Å². The zero-order valence-corrected chi connectivity index (χ0v) is 15.7. The second-order valence-electron chi connectivity index (χ2n) is 6.22. The zero-order chi connectivity index (χ0) is 18.2. The molecular formula is C16H19N3O4S2. The van der Waals surface area contributed by atoms with Crippen LogP contribution in [0.25, 0.3) is 0 Å². The molecule has 2 aromatic rings. The highest BCUT2D eigenvalue weighted by molar-refractivity contribution is 7.90. The maximum atomic E-state index is 11.9. The molecule has 3 rings (SSSR count). The monoisotopic (exact) mass is 381 g/mol. The molecule has 0 atom stereocenters. The lowest BCUT2D eigenvalue weighted by Gasteiger charge is -2.18. The number of sulfone groups is 1. The van der Waals surface area contributed by atoms with Gasteiger partial charge in [-0.2, -0.15) is 0 Å². The first-order valence-corrected chi connectivity index (χ1v) is 10.6. The fourth-order valence-corrected chi connectivity index (χ4v) is 5.02. The van der Waals surface area contributed by atoms with Crippen molar-refractivity contribution >= 4 is 32.5 Å². The van der Waals surface area contributed by atoms with Gasteiger partial charge in [0, 0.05) is 29.9 Å². The van der Waals surface area contributed by atoms with Crippen molar-refractivity contribution in [3.05, 3.63) is 43.9 Å². The van der Waals surface area contributed by atoms with Crippen molar-refractivity contribution in [2.45, 2.75) is 37.1 Å². The van der Waals surface area contributed by atoms with Crippen LogP contribution in [-0.4, -0.2) is 31.6 Å². The van der Waals surface area contributed by atoms with E-state index in [2.05, 4.69) is 4.98 Å². The van der Waals surface area contributed by atoms with Crippen molar-refractivity contribution in [3.63, 3.8) is 0 Å². The molecule has 0 N–H and O–H groups in total. The van der Waals surface area contributed by atoms with Crippen LogP contribution < -0.4 is 4.90 Å². The highest BCUT2D eigenvalue weighted by Gasteiger charge is 2.23. The number of aryl methyl sites for hydroxylation is 2. The van der Waals surface area contributed by atoms with E-state index in [-0.39, 0.29) is 4.90 Å². The van der Waals surface area contributed by atoms with E-state index in [9.17, 15) is 18.5 Å². The van der Waals surface area contributed by atoms with Crippen molar-refractivity contribution in [3.8, 4) is 0 Å². The fourth-order valence-electron chi connectivity index (χ4n) is 2.96. The van der Waals surface area contributed by atoms with Crippen LogP contribution in [-0.2, 0) is 29.2 Å². The number of aromatic nitrogens is 1. The van der Waals surface area contributed by atoms with Gasteiger partial charge in [0.25, 0.3) is 5.69 Å². The van der Waals surface area contributed by atoms with Crippen LogP contribution in [0, 0.1) is 10.1 Å². The van der Waals surface area contributed by atoms with Crippen molar-refractivity contribution < 1.29 is 13.3 Å². The van der Waals surface area contributed by atoms with E-state index in [1.54, 1.807) is 17.4 Å². The summed E-state index contributed by atoms with van der Waals surface area (Å²) in [7, 11) is -1.86. The summed E-state index contributed by atoms with van der Waals surface area (Å²) in [4.78, 5) is 18.0. The normalized spacial score (nSPS) is 14.2. The minimum atomic E-state index is -3.69. The molecule has 9 heteroatoms. The van der Waals surface area contributed by atoms with Crippen molar-refractivity contribution in [2.24, 2.45) is 0 Å². The van der Waals surface area contributed by atoms with Gasteiger partial charge < -0.3 is 4.90 Å². The Morgan fingerprint density at radius 1 is 1.32 bits per heavy atom. The van der Waals surface area contributed by atoms with Gasteiger partial charge >= 0.3 is 0 Å². The number of fused-ring (bicyclic) bond motifs is 1. The molecule has 1 aromatic heterocycles. The first kappa shape index (κ1) is 17.8. The van der Waals surface area contributed by atoms with Gasteiger partial charge in [-0.15, -0.1) is 11.3 Å². The van der Waals surface area contributed by atoms with Crippen LogP contribution >= 0.6 is 11.3 Å². The van der Waals surface area contributed by atoms with Crippen LogP contribution in [0.3, 0.4) is 0 Å². The van der Waals surface area contributed by atoms with Gasteiger partial charge in [0.05, 0.1) is 17.2 Å². The Hall–Kier alpha value is -2.00. The summed E-state index contributed by atoms with van der Waals surface area (Å²) in [6.45, 7) is 0.540. The minimum absolute atomic E-state index is 0.264. The number of thiazole rings is 1. The van der Waals surface area contributed by atoms with Gasteiger partial charge in [-0.25, -0.2) is 13.4 Å². The van der Waals surface area contributed by atoms with Crippen LogP contribution in [0.15, 0.2) is 23.1 Å². The maximum Gasteiger partial charge on any atom is 0.288 e. The van der Waals surface area contributed by atoms with Crippen molar-refractivity contribution in [1.29, 1.82) is 0 Å². The van der Waals surface area contributed by atoms with Gasteiger partial charge in [-0.3, -0.25) is 10.1 Å². The molecule has 25 heavy (non-hydrogen) atoms. The number of nitrogens with zero attached hydrogens (tertiary/aromatic N) is 3. The van der Waals surface area contributed by atoms with E-state index >= 15 is 0 Å². The lowest BCUT2D eigenvalue weighted by Crippen LogP contribution is -2.17. The number of benzene rings is 1. The quantitative estimate of drug-likeness (QED) is 0.584. The molecule has 1 aromatic carbocycles. The van der Waals surface area contributed by atoms with Crippen molar-refractivity contribution in [1.82, 2.24) is 4.98 Å². The molecule has 0 spiro atoms. The smallest absolute Gasteiger partial charge is 0.288 e. The van der Waals surface area contributed by atoms with E-state index in [4.69, 9.17) is 0 Å². The first-order chi connectivity index (χ1) is 11.8.